The van der Waals surface area contributed by atoms with E-state index in [9.17, 15) is 28.2 Å². The molecule has 0 radical (unpaired) electrons. The Hall–Kier alpha value is -2.53. The first-order valence-corrected chi connectivity index (χ1v) is 14.4. The Morgan fingerprint density at radius 2 is 1.90 bits per heavy atom. The van der Waals surface area contributed by atoms with Gasteiger partial charge in [-0.3, -0.25) is 9.78 Å². The highest BCUT2D eigenvalue weighted by atomic mass is 35.5. The molecule has 216 valence electrons. The Morgan fingerprint density at radius 3 is 2.52 bits per heavy atom. The summed E-state index contributed by atoms with van der Waals surface area (Å²) >= 11 is 7.96. The lowest BCUT2D eigenvalue weighted by Crippen LogP contribution is -2.42. The number of hydrogen-bond acceptors (Lipinski definition) is 6. The maximum atomic E-state index is 12.8. The van der Waals surface area contributed by atoms with E-state index < -0.39 is 29.2 Å². The fraction of sp³-hybridized carbons (Fsp3) is 0.448. The number of methoxy groups -OCH3 is 1. The quantitative estimate of drug-likeness (QED) is 0.229. The van der Waals surface area contributed by atoms with Crippen molar-refractivity contribution in [2.45, 2.75) is 49.3 Å². The van der Waals surface area contributed by atoms with Crippen molar-refractivity contribution < 1.29 is 32.9 Å². The van der Waals surface area contributed by atoms with Crippen molar-refractivity contribution in [2.75, 3.05) is 32.5 Å². The fourth-order valence-corrected chi connectivity index (χ4v) is 6.53. The number of aromatic nitrogens is 1. The summed E-state index contributed by atoms with van der Waals surface area (Å²) in [4.78, 5) is 19.2. The van der Waals surface area contributed by atoms with Gasteiger partial charge in [-0.05, 0) is 86.7 Å². The van der Waals surface area contributed by atoms with Crippen molar-refractivity contribution in [1.29, 1.82) is 0 Å². The number of piperidine rings is 1. The third kappa shape index (κ3) is 7.60. The molecule has 2 heterocycles. The highest BCUT2D eigenvalue weighted by Crippen LogP contribution is 2.43. The number of carboxylic acids is 1. The number of hydrogen-bond donors (Lipinski definition) is 2. The summed E-state index contributed by atoms with van der Waals surface area (Å²) in [7, 11) is 1.56. The van der Waals surface area contributed by atoms with Crippen molar-refractivity contribution >= 4 is 40.2 Å². The predicted molar refractivity (Wildman–Crippen MR) is 150 cm³/mol. The maximum Gasteiger partial charge on any atom is 0.416 e. The van der Waals surface area contributed by atoms with E-state index in [0.29, 0.717) is 71.8 Å². The van der Waals surface area contributed by atoms with Crippen molar-refractivity contribution in [1.82, 2.24) is 9.88 Å². The molecule has 11 heteroatoms. The SMILES string of the molecule is COc1ccc2ncc(Cl)c([C@H](O)CCC3(CC(=O)O)CCN(CCSc4ccc(C(F)(F)F)cc4)CC3)c2c1. The normalized spacial score (nSPS) is 16.6. The van der Waals surface area contributed by atoms with Crippen LogP contribution in [0.4, 0.5) is 13.2 Å². The predicted octanol–water partition coefficient (Wildman–Crippen LogP) is 7.08. The number of aliphatic carboxylic acids is 1. The Morgan fingerprint density at radius 1 is 1.20 bits per heavy atom. The number of ether oxygens (including phenoxy) is 1. The van der Waals surface area contributed by atoms with Crippen LogP contribution in [0, 0.1) is 5.41 Å². The zero-order valence-corrected chi connectivity index (χ0v) is 23.7. The molecule has 0 amide bonds. The van der Waals surface area contributed by atoms with Gasteiger partial charge in [0.15, 0.2) is 0 Å². The number of alkyl halides is 3. The first-order valence-electron chi connectivity index (χ1n) is 13.0. The van der Waals surface area contributed by atoms with Gasteiger partial charge in [0, 0.05) is 34.3 Å². The number of benzene rings is 2. The number of aliphatic hydroxyl groups is 1. The van der Waals surface area contributed by atoms with Gasteiger partial charge in [-0.1, -0.05) is 11.6 Å². The molecule has 0 unspecified atom stereocenters. The van der Waals surface area contributed by atoms with Gasteiger partial charge in [-0.25, -0.2) is 0 Å². The molecule has 1 aliphatic rings. The van der Waals surface area contributed by atoms with E-state index >= 15 is 0 Å². The molecule has 1 aliphatic heterocycles. The lowest BCUT2D eigenvalue weighted by Gasteiger charge is -2.41. The molecule has 0 saturated carbocycles. The van der Waals surface area contributed by atoms with E-state index in [1.807, 2.05) is 0 Å². The summed E-state index contributed by atoms with van der Waals surface area (Å²) in [5.41, 5.74) is 0.138. The van der Waals surface area contributed by atoms with E-state index in [2.05, 4.69) is 9.88 Å². The number of carboxylic acid groups (broad SMARTS) is 1. The molecule has 4 rings (SSSR count). The van der Waals surface area contributed by atoms with E-state index in [0.717, 1.165) is 23.6 Å². The third-order valence-electron chi connectivity index (χ3n) is 7.65. The number of thioether (sulfide) groups is 1. The van der Waals surface area contributed by atoms with Gasteiger partial charge >= 0.3 is 12.1 Å². The first-order chi connectivity index (χ1) is 19.0. The Bertz CT molecular complexity index is 1320. The van der Waals surface area contributed by atoms with Crippen molar-refractivity contribution in [3.63, 3.8) is 0 Å². The zero-order valence-electron chi connectivity index (χ0n) is 22.1. The molecule has 0 aliphatic carbocycles. The highest BCUT2D eigenvalue weighted by Gasteiger charge is 2.37. The Balaban J connectivity index is 1.35. The second-order valence-electron chi connectivity index (χ2n) is 10.2. The molecule has 3 aromatic rings. The molecular formula is C29H32ClF3N2O4S. The second-order valence-corrected chi connectivity index (χ2v) is 11.8. The molecule has 1 aromatic heterocycles. The van der Waals surface area contributed by atoms with Crippen LogP contribution in [0.3, 0.4) is 0 Å². The molecule has 40 heavy (non-hydrogen) atoms. The molecule has 6 nitrogen and oxygen atoms in total. The number of halogens is 4. The molecular weight excluding hydrogens is 565 g/mol. The molecule has 0 bridgehead atoms. The minimum Gasteiger partial charge on any atom is -0.497 e. The number of nitrogens with zero attached hydrogens (tertiary/aromatic N) is 2. The van der Waals surface area contributed by atoms with Crippen LogP contribution in [0.1, 0.15) is 49.3 Å². The van der Waals surface area contributed by atoms with Crippen molar-refractivity contribution in [3.8, 4) is 5.75 Å². The summed E-state index contributed by atoms with van der Waals surface area (Å²) in [6, 6.07) is 10.5. The number of pyridine rings is 1. The summed E-state index contributed by atoms with van der Waals surface area (Å²) in [6.07, 6.45) is -1.47. The zero-order chi connectivity index (χ0) is 28.9. The third-order valence-corrected chi connectivity index (χ3v) is 8.94. The summed E-state index contributed by atoms with van der Waals surface area (Å²) in [5.74, 6) is 0.474. The minimum atomic E-state index is -4.35. The molecule has 1 fully saturated rings. The average Bonchev–Trinajstić information content (AvgIpc) is 2.92. The van der Waals surface area contributed by atoms with Crippen LogP contribution < -0.4 is 4.74 Å². The highest BCUT2D eigenvalue weighted by molar-refractivity contribution is 7.99. The van der Waals surface area contributed by atoms with Gasteiger partial charge in [0.05, 0.1) is 35.7 Å². The average molecular weight is 597 g/mol. The van der Waals surface area contributed by atoms with Gasteiger partial charge in [0.25, 0.3) is 0 Å². The minimum absolute atomic E-state index is 0.0203. The maximum absolute atomic E-state index is 12.8. The largest absolute Gasteiger partial charge is 0.497 e. The van der Waals surface area contributed by atoms with E-state index in [1.165, 1.54) is 30.1 Å². The van der Waals surface area contributed by atoms with Crippen LogP contribution in [0.5, 0.6) is 5.75 Å². The summed E-state index contributed by atoms with van der Waals surface area (Å²) in [6.45, 7) is 2.18. The number of aliphatic hydroxyl groups excluding tert-OH is 1. The monoisotopic (exact) mass is 596 g/mol. The number of rotatable bonds is 11. The molecule has 1 saturated heterocycles. The van der Waals surface area contributed by atoms with E-state index in [1.54, 1.807) is 25.3 Å². The fourth-order valence-electron chi connectivity index (χ4n) is 5.34. The van der Waals surface area contributed by atoms with Crippen LogP contribution in [0.2, 0.25) is 5.02 Å². The lowest BCUT2D eigenvalue weighted by atomic mass is 9.71. The van der Waals surface area contributed by atoms with Crippen LogP contribution in [-0.2, 0) is 11.0 Å². The Kier molecular flexibility index (Phi) is 9.87. The van der Waals surface area contributed by atoms with Crippen LogP contribution >= 0.6 is 23.4 Å². The molecule has 0 spiro atoms. The number of carbonyl (C=O) groups is 1. The first kappa shape index (κ1) is 30.4. The standard InChI is InChI=1S/C29H32ClF3N2O4S/c1-39-20-4-7-24-22(16-20)27(23(30)18-34-24)25(36)8-9-28(17-26(37)38)10-12-35(13-11-28)14-15-40-21-5-2-19(3-6-21)29(31,32)33/h2-7,16,18,25,36H,8-15,17H2,1H3,(H,37,38)/t25-/m1/s1. The molecule has 2 aromatic carbocycles. The van der Waals surface area contributed by atoms with Gasteiger partial charge in [-0.15, -0.1) is 11.8 Å². The summed E-state index contributed by atoms with van der Waals surface area (Å²) < 4.78 is 43.6. The smallest absolute Gasteiger partial charge is 0.416 e. The van der Waals surface area contributed by atoms with Gasteiger partial charge in [-0.2, -0.15) is 13.2 Å². The van der Waals surface area contributed by atoms with Gasteiger partial charge < -0.3 is 19.8 Å². The molecule has 1 atom stereocenters. The summed E-state index contributed by atoms with van der Waals surface area (Å²) in [5, 5.41) is 21.9. The van der Waals surface area contributed by atoms with Crippen molar-refractivity contribution in [3.05, 3.63) is 64.8 Å². The van der Waals surface area contributed by atoms with Gasteiger partial charge in [0.2, 0.25) is 0 Å². The lowest BCUT2D eigenvalue weighted by molar-refractivity contribution is -0.141. The number of fused-ring (bicyclic) bond motifs is 1. The molecule has 2 N–H and O–H groups in total. The van der Waals surface area contributed by atoms with Crippen LogP contribution in [0.25, 0.3) is 10.9 Å². The van der Waals surface area contributed by atoms with Crippen molar-refractivity contribution in [2.24, 2.45) is 5.41 Å². The van der Waals surface area contributed by atoms with E-state index in [4.69, 9.17) is 16.3 Å². The second kappa shape index (κ2) is 13.0. The van der Waals surface area contributed by atoms with Gasteiger partial charge in [0.1, 0.15) is 5.75 Å². The Labute approximate surface area is 240 Å². The van der Waals surface area contributed by atoms with Crippen LogP contribution in [0.15, 0.2) is 53.6 Å². The number of likely N-dealkylation sites (tertiary alicyclic amines) is 1. The van der Waals surface area contributed by atoms with Crippen LogP contribution in [-0.4, -0.2) is 58.6 Å². The van der Waals surface area contributed by atoms with E-state index in [-0.39, 0.29) is 6.42 Å². The topological polar surface area (TPSA) is 82.9 Å².